The molecule has 10 heteroatoms. The van der Waals surface area contributed by atoms with Crippen LogP contribution in [0.3, 0.4) is 0 Å². The van der Waals surface area contributed by atoms with E-state index in [0.717, 1.165) is 15.0 Å². The highest BCUT2D eigenvalue weighted by molar-refractivity contribution is 8.00. The number of H-pyrrole nitrogens is 1. The quantitative estimate of drug-likeness (QED) is 0.333. The van der Waals surface area contributed by atoms with Crippen molar-refractivity contribution in [2.24, 2.45) is 0 Å². The molecule has 2 heterocycles. The van der Waals surface area contributed by atoms with Crippen LogP contribution in [0.25, 0.3) is 10.9 Å². The number of rotatable bonds is 7. The molecular weight excluding hydrogens is 422 g/mol. The largest absolute Gasteiger partial charge is 0.465 e. The van der Waals surface area contributed by atoms with Crippen LogP contribution < -0.4 is 10.9 Å². The first kappa shape index (κ1) is 20.0. The number of ether oxygens (including phenoxy) is 1. The van der Waals surface area contributed by atoms with Gasteiger partial charge in [-0.15, -0.1) is 10.2 Å². The number of esters is 1. The summed E-state index contributed by atoms with van der Waals surface area (Å²) in [5, 5.41) is 12.7. The molecule has 2 N–H and O–H groups in total. The van der Waals surface area contributed by atoms with E-state index >= 15 is 0 Å². The summed E-state index contributed by atoms with van der Waals surface area (Å²) in [6.45, 7) is 0.669. The first-order valence-corrected chi connectivity index (χ1v) is 10.8. The molecule has 0 radical (unpaired) electrons. The fraction of sp³-hybridized carbons (Fsp3) is 0.150. The van der Waals surface area contributed by atoms with E-state index < -0.39 is 5.97 Å². The number of thioether (sulfide) groups is 1. The topological polar surface area (TPSA) is 110 Å². The lowest BCUT2D eigenvalue weighted by molar-refractivity contribution is 0.0601. The van der Waals surface area contributed by atoms with Gasteiger partial charge < -0.3 is 15.0 Å². The Morgan fingerprint density at radius 1 is 1.20 bits per heavy atom. The minimum Gasteiger partial charge on any atom is -0.465 e. The van der Waals surface area contributed by atoms with Crippen molar-refractivity contribution in [2.45, 2.75) is 16.6 Å². The van der Waals surface area contributed by atoms with Gasteiger partial charge in [-0.3, -0.25) is 4.79 Å². The summed E-state index contributed by atoms with van der Waals surface area (Å²) in [5.74, 6) is 0.439. The lowest BCUT2D eigenvalue weighted by Crippen LogP contribution is -2.12. The third kappa shape index (κ3) is 4.66. The highest BCUT2D eigenvalue weighted by Crippen LogP contribution is 2.28. The van der Waals surface area contributed by atoms with Crippen molar-refractivity contribution in [1.29, 1.82) is 0 Å². The van der Waals surface area contributed by atoms with Gasteiger partial charge in [0, 0.05) is 6.54 Å². The number of aromatic amines is 1. The van der Waals surface area contributed by atoms with Crippen molar-refractivity contribution >= 4 is 45.1 Å². The van der Waals surface area contributed by atoms with Crippen molar-refractivity contribution in [3.8, 4) is 0 Å². The molecule has 152 valence electrons. The monoisotopic (exact) mass is 439 g/mol. The highest BCUT2D eigenvalue weighted by Gasteiger charge is 2.11. The number of carbonyl (C=O) groups excluding carboxylic acids is 1. The van der Waals surface area contributed by atoms with E-state index in [1.807, 2.05) is 30.3 Å². The Morgan fingerprint density at radius 3 is 2.83 bits per heavy atom. The van der Waals surface area contributed by atoms with Crippen LogP contribution in [0.15, 0.2) is 57.7 Å². The van der Waals surface area contributed by atoms with Gasteiger partial charge in [0.15, 0.2) is 4.34 Å². The molecule has 0 amide bonds. The van der Waals surface area contributed by atoms with Crippen molar-refractivity contribution in [2.75, 3.05) is 12.4 Å². The fourth-order valence-corrected chi connectivity index (χ4v) is 4.36. The molecule has 0 saturated carbocycles. The summed E-state index contributed by atoms with van der Waals surface area (Å²) in [5.41, 5.74) is 1.69. The zero-order valence-electron chi connectivity index (χ0n) is 15.9. The van der Waals surface area contributed by atoms with Crippen LogP contribution in [0.4, 0.5) is 5.13 Å². The molecular formula is C20H17N5O3S2. The second kappa shape index (κ2) is 9.06. The maximum atomic E-state index is 12.3. The van der Waals surface area contributed by atoms with Crippen LogP contribution >= 0.6 is 23.1 Å². The van der Waals surface area contributed by atoms with Crippen LogP contribution in [0.1, 0.15) is 21.7 Å². The summed E-state index contributed by atoms with van der Waals surface area (Å²) in [7, 11) is 1.31. The summed E-state index contributed by atoms with van der Waals surface area (Å²) in [6.07, 6.45) is 0. The number of anilines is 1. The SMILES string of the molecule is COC(=O)c1ccc2c(=O)[nH]c(CSc3nnc(NCc4ccccc4)s3)nc2c1. The van der Waals surface area contributed by atoms with Crippen molar-refractivity contribution in [1.82, 2.24) is 20.2 Å². The summed E-state index contributed by atoms with van der Waals surface area (Å²) >= 11 is 2.87. The highest BCUT2D eigenvalue weighted by atomic mass is 32.2. The predicted molar refractivity (Wildman–Crippen MR) is 117 cm³/mol. The Kier molecular flexibility index (Phi) is 6.05. The van der Waals surface area contributed by atoms with Gasteiger partial charge in [-0.1, -0.05) is 53.4 Å². The maximum Gasteiger partial charge on any atom is 0.337 e. The average Bonchev–Trinajstić information content (AvgIpc) is 3.24. The fourth-order valence-electron chi connectivity index (χ4n) is 2.74. The minimum atomic E-state index is -0.473. The standard InChI is InChI=1S/C20H17N5O3S2/c1-28-18(27)13-7-8-14-15(9-13)22-16(23-17(14)26)11-29-20-25-24-19(30-20)21-10-12-5-3-2-4-6-12/h2-9H,10-11H2,1H3,(H,21,24)(H,22,23,26). The second-order valence-electron chi connectivity index (χ2n) is 6.24. The average molecular weight is 440 g/mol. The number of hydrogen-bond acceptors (Lipinski definition) is 9. The lowest BCUT2D eigenvalue weighted by atomic mass is 10.1. The molecule has 8 nitrogen and oxygen atoms in total. The third-order valence-corrected chi connectivity index (χ3v) is 6.23. The number of nitrogens with one attached hydrogen (secondary N) is 2. The summed E-state index contributed by atoms with van der Waals surface area (Å²) in [4.78, 5) is 31.3. The van der Waals surface area contributed by atoms with E-state index in [0.29, 0.717) is 34.6 Å². The van der Waals surface area contributed by atoms with Gasteiger partial charge >= 0.3 is 5.97 Å². The Bertz CT molecular complexity index is 1240. The molecule has 0 aliphatic carbocycles. The Hall–Kier alpha value is -3.24. The van der Waals surface area contributed by atoms with Crippen molar-refractivity contribution in [3.05, 3.63) is 75.8 Å². The van der Waals surface area contributed by atoms with Crippen LogP contribution in [-0.4, -0.2) is 33.2 Å². The van der Waals surface area contributed by atoms with Gasteiger partial charge in [0.2, 0.25) is 5.13 Å². The van der Waals surface area contributed by atoms with Gasteiger partial charge in [-0.25, -0.2) is 9.78 Å². The molecule has 4 aromatic rings. The number of aromatic nitrogens is 4. The Labute approximate surface area is 179 Å². The van der Waals surface area contributed by atoms with E-state index in [2.05, 4.69) is 25.5 Å². The molecule has 0 atom stereocenters. The number of fused-ring (bicyclic) bond motifs is 1. The van der Waals surface area contributed by atoms with Crippen molar-refractivity contribution in [3.63, 3.8) is 0 Å². The van der Waals surface area contributed by atoms with Gasteiger partial charge in [0.1, 0.15) is 5.82 Å². The first-order chi connectivity index (χ1) is 14.6. The third-order valence-electron chi connectivity index (χ3n) is 4.20. The number of hydrogen-bond donors (Lipinski definition) is 2. The summed E-state index contributed by atoms with van der Waals surface area (Å²) in [6, 6.07) is 14.7. The zero-order valence-corrected chi connectivity index (χ0v) is 17.5. The predicted octanol–water partition coefficient (Wildman–Crippen LogP) is 3.47. The van der Waals surface area contributed by atoms with Gasteiger partial charge in [-0.2, -0.15) is 0 Å². The summed E-state index contributed by atoms with van der Waals surface area (Å²) < 4.78 is 5.49. The number of nitrogens with zero attached hydrogens (tertiary/aromatic N) is 3. The lowest BCUT2D eigenvalue weighted by Gasteiger charge is -2.04. The van der Waals surface area contributed by atoms with Crippen LogP contribution in [0.2, 0.25) is 0 Å². The Balaban J connectivity index is 1.44. The maximum absolute atomic E-state index is 12.3. The van der Waals surface area contributed by atoms with Gasteiger partial charge in [0.25, 0.3) is 5.56 Å². The molecule has 0 unspecified atom stereocenters. The zero-order chi connectivity index (χ0) is 20.9. The first-order valence-electron chi connectivity index (χ1n) is 8.98. The molecule has 0 aliphatic rings. The molecule has 0 fully saturated rings. The normalized spacial score (nSPS) is 10.8. The molecule has 0 saturated heterocycles. The minimum absolute atomic E-state index is 0.255. The number of carbonyl (C=O) groups is 1. The van der Waals surface area contributed by atoms with Crippen LogP contribution in [0, 0.1) is 0 Å². The Morgan fingerprint density at radius 2 is 2.03 bits per heavy atom. The van der Waals surface area contributed by atoms with E-state index in [-0.39, 0.29) is 5.56 Å². The van der Waals surface area contributed by atoms with E-state index in [4.69, 9.17) is 4.74 Å². The second-order valence-corrected chi connectivity index (χ2v) is 8.44. The van der Waals surface area contributed by atoms with E-state index in [1.165, 1.54) is 30.2 Å². The molecule has 0 bridgehead atoms. The van der Waals surface area contributed by atoms with Gasteiger partial charge in [-0.05, 0) is 23.8 Å². The van der Waals surface area contributed by atoms with E-state index in [9.17, 15) is 9.59 Å². The van der Waals surface area contributed by atoms with Crippen LogP contribution in [0.5, 0.6) is 0 Å². The van der Waals surface area contributed by atoms with E-state index in [1.54, 1.807) is 18.2 Å². The van der Waals surface area contributed by atoms with Gasteiger partial charge in [0.05, 0.1) is 29.3 Å². The number of methoxy groups -OCH3 is 1. The molecule has 30 heavy (non-hydrogen) atoms. The molecule has 2 aromatic carbocycles. The van der Waals surface area contributed by atoms with Crippen molar-refractivity contribution < 1.29 is 9.53 Å². The van der Waals surface area contributed by atoms with Crippen LogP contribution in [-0.2, 0) is 17.0 Å². The molecule has 2 aromatic heterocycles. The molecule has 0 aliphatic heterocycles. The molecule has 0 spiro atoms. The molecule has 4 rings (SSSR count). The smallest absolute Gasteiger partial charge is 0.337 e. The number of benzene rings is 2.